The smallest absolute Gasteiger partial charge is 0.142 e. The Labute approximate surface area is 160 Å². The maximum atomic E-state index is 5.50. The molecule has 1 aliphatic heterocycles. The molecule has 1 aliphatic rings. The predicted molar refractivity (Wildman–Crippen MR) is 111 cm³/mol. The van der Waals surface area contributed by atoms with Crippen LogP contribution in [0, 0.1) is 0 Å². The molecule has 0 radical (unpaired) electrons. The van der Waals surface area contributed by atoms with Gasteiger partial charge in [-0.2, -0.15) is 5.10 Å². The van der Waals surface area contributed by atoms with E-state index in [0.29, 0.717) is 0 Å². The van der Waals surface area contributed by atoms with E-state index in [1.807, 2.05) is 18.3 Å². The number of hydrogen-bond acceptors (Lipinski definition) is 5. The summed E-state index contributed by atoms with van der Waals surface area (Å²) in [6.45, 7) is 6.39. The van der Waals surface area contributed by atoms with Crippen LogP contribution in [-0.2, 0) is 0 Å². The molecule has 4 rings (SSSR count). The topological polar surface area (TPSA) is 56.4 Å². The van der Waals surface area contributed by atoms with Gasteiger partial charge in [-0.25, -0.2) is 0 Å². The molecule has 2 aromatic carbocycles. The van der Waals surface area contributed by atoms with E-state index in [1.54, 1.807) is 7.11 Å². The molecule has 0 saturated carbocycles. The predicted octanol–water partition coefficient (Wildman–Crippen LogP) is 3.20. The molecule has 0 spiro atoms. The quantitative estimate of drug-likeness (QED) is 0.630. The van der Waals surface area contributed by atoms with Gasteiger partial charge in [-0.3, -0.25) is 10.00 Å². The van der Waals surface area contributed by atoms with Crippen LogP contribution in [0.2, 0.25) is 0 Å². The van der Waals surface area contributed by atoms with E-state index in [9.17, 15) is 0 Å². The van der Waals surface area contributed by atoms with Crippen molar-refractivity contribution in [2.45, 2.75) is 6.42 Å². The first-order valence-corrected chi connectivity index (χ1v) is 9.61. The minimum Gasteiger partial charge on any atom is -0.495 e. The van der Waals surface area contributed by atoms with Crippen molar-refractivity contribution in [3.8, 4) is 5.75 Å². The Morgan fingerprint density at radius 3 is 2.81 bits per heavy atom. The average molecular weight is 365 g/mol. The lowest BCUT2D eigenvalue weighted by molar-refractivity contribution is 0.256. The van der Waals surface area contributed by atoms with Crippen molar-refractivity contribution in [2.24, 2.45) is 0 Å². The van der Waals surface area contributed by atoms with Crippen LogP contribution < -0.4 is 15.0 Å². The van der Waals surface area contributed by atoms with Crippen LogP contribution in [-0.4, -0.2) is 61.5 Å². The summed E-state index contributed by atoms with van der Waals surface area (Å²) in [6, 6.07) is 14.6. The molecule has 0 bridgehead atoms. The van der Waals surface area contributed by atoms with Crippen molar-refractivity contribution < 1.29 is 4.74 Å². The molecular weight excluding hydrogens is 338 g/mol. The van der Waals surface area contributed by atoms with Gasteiger partial charge in [0.2, 0.25) is 0 Å². The Bertz CT molecular complexity index is 870. The van der Waals surface area contributed by atoms with Crippen LogP contribution in [0.4, 0.5) is 11.4 Å². The summed E-state index contributed by atoms with van der Waals surface area (Å²) in [6.07, 6.45) is 2.99. The van der Waals surface area contributed by atoms with Crippen molar-refractivity contribution in [2.75, 3.05) is 56.6 Å². The van der Waals surface area contributed by atoms with E-state index >= 15 is 0 Å². The molecule has 0 unspecified atom stereocenters. The first kappa shape index (κ1) is 17.7. The lowest BCUT2D eigenvalue weighted by atomic mass is 10.2. The average Bonchev–Trinajstić information content (AvgIpc) is 3.19. The molecule has 0 amide bonds. The zero-order valence-electron chi connectivity index (χ0n) is 15.8. The number of hydrogen-bond donors (Lipinski definition) is 2. The lowest BCUT2D eigenvalue weighted by Crippen LogP contribution is -2.46. The maximum Gasteiger partial charge on any atom is 0.142 e. The highest BCUT2D eigenvalue weighted by Gasteiger charge is 2.18. The van der Waals surface area contributed by atoms with Gasteiger partial charge in [0.05, 0.1) is 24.5 Å². The Morgan fingerprint density at radius 2 is 1.96 bits per heavy atom. The lowest BCUT2D eigenvalue weighted by Gasteiger charge is -2.36. The van der Waals surface area contributed by atoms with Gasteiger partial charge in [-0.1, -0.05) is 12.1 Å². The summed E-state index contributed by atoms with van der Waals surface area (Å²) < 4.78 is 5.50. The monoisotopic (exact) mass is 365 g/mol. The minimum absolute atomic E-state index is 0.962. The number of piperazine rings is 1. The van der Waals surface area contributed by atoms with Crippen molar-refractivity contribution in [3.05, 3.63) is 48.7 Å². The highest BCUT2D eigenvalue weighted by atomic mass is 16.5. The van der Waals surface area contributed by atoms with Crippen molar-refractivity contribution in [1.29, 1.82) is 0 Å². The summed E-state index contributed by atoms with van der Waals surface area (Å²) in [5.41, 5.74) is 3.43. The van der Waals surface area contributed by atoms with Gasteiger partial charge in [-0.05, 0) is 43.3 Å². The number of anilines is 2. The largest absolute Gasteiger partial charge is 0.495 e. The molecule has 1 fully saturated rings. The molecule has 1 saturated heterocycles. The number of aromatic nitrogens is 2. The highest BCUT2D eigenvalue weighted by molar-refractivity contribution is 5.81. The Balaban J connectivity index is 1.20. The van der Waals surface area contributed by atoms with Crippen molar-refractivity contribution in [3.63, 3.8) is 0 Å². The van der Waals surface area contributed by atoms with E-state index in [0.717, 1.165) is 68.0 Å². The van der Waals surface area contributed by atoms with Crippen LogP contribution in [0.25, 0.3) is 10.9 Å². The minimum atomic E-state index is 0.962. The highest BCUT2D eigenvalue weighted by Crippen LogP contribution is 2.28. The summed E-state index contributed by atoms with van der Waals surface area (Å²) >= 11 is 0. The van der Waals surface area contributed by atoms with Crippen LogP contribution in [0.1, 0.15) is 6.42 Å². The third-order valence-electron chi connectivity index (χ3n) is 5.22. The standard InChI is InChI=1S/C21H27N5O/c1-27-21-6-3-2-5-20(21)26-13-11-25(12-14-26)10-4-9-22-18-8-7-17-16-23-24-19(17)15-18/h2-3,5-8,15-16,22H,4,9-14H2,1H3,(H,23,24). The van der Waals surface area contributed by atoms with Gasteiger partial charge < -0.3 is 15.0 Å². The number of rotatable bonds is 7. The zero-order chi connectivity index (χ0) is 18.5. The van der Waals surface area contributed by atoms with Gasteiger partial charge in [0.25, 0.3) is 0 Å². The molecular formula is C21H27N5O. The molecule has 0 atom stereocenters. The molecule has 142 valence electrons. The van der Waals surface area contributed by atoms with E-state index in [4.69, 9.17) is 4.74 Å². The number of H-pyrrole nitrogens is 1. The summed E-state index contributed by atoms with van der Waals surface area (Å²) in [5.74, 6) is 0.962. The van der Waals surface area contributed by atoms with E-state index in [2.05, 4.69) is 55.6 Å². The summed E-state index contributed by atoms with van der Waals surface area (Å²) in [4.78, 5) is 4.97. The summed E-state index contributed by atoms with van der Waals surface area (Å²) in [5, 5.41) is 11.7. The molecule has 2 N–H and O–H groups in total. The Hall–Kier alpha value is -2.73. The van der Waals surface area contributed by atoms with Crippen molar-refractivity contribution in [1.82, 2.24) is 15.1 Å². The second-order valence-corrected chi connectivity index (χ2v) is 6.95. The van der Waals surface area contributed by atoms with Crippen LogP contribution in [0.5, 0.6) is 5.75 Å². The first-order chi connectivity index (χ1) is 13.3. The maximum absolute atomic E-state index is 5.50. The number of benzene rings is 2. The van der Waals surface area contributed by atoms with E-state index < -0.39 is 0 Å². The zero-order valence-corrected chi connectivity index (χ0v) is 15.8. The SMILES string of the molecule is COc1ccccc1N1CCN(CCCNc2ccc3cn[nH]c3c2)CC1. The van der Waals surface area contributed by atoms with Gasteiger partial charge in [0.15, 0.2) is 0 Å². The fourth-order valence-electron chi connectivity index (χ4n) is 3.69. The number of ether oxygens (including phenoxy) is 1. The third-order valence-corrected chi connectivity index (χ3v) is 5.22. The number of para-hydroxylation sites is 2. The normalized spacial score (nSPS) is 15.2. The second-order valence-electron chi connectivity index (χ2n) is 6.95. The molecule has 27 heavy (non-hydrogen) atoms. The second kappa shape index (κ2) is 8.31. The number of methoxy groups -OCH3 is 1. The van der Waals surface area contributed by atoms with Gasteiger partial charge in [-0.15, -0.1) is 0 Å². The van der Waals surface area contributed by atoms with Crippen molar-refractivity contribution >= 4 is 22.3 Å². The molecule has 6 heteroatoms. The molecule has 0 aliphatic carbocycles. The van der Waals surface area contributed by atoms with Gasteiger partial charge in [0.1, 0.15) is 5.75 Å². The first-order valence-electron chi connectivity index (χ1n) is 9.61. The fraction of sp³-hybridized carbons (Fsp3) is 0.381. The van der Waals surface area contributed by atoms with E-state index in [1.165, 1.54) is 5.69 Å². The summed E-state index contributed by atoms with van der Waals surface area (Å²) in [7, 11) is 1.74. The molecule has 6 nitrogen and oxygen atoms in total. The van der Waals surface area contributed by atoms with Gasteiger partial charge in [0, 0.05) is 43.8 Å². The van der Waals surface area contributed by atoms with E-state index in [-0.39, 0.29) is 0 Å². The Kier molecular flexibility index (Phi) is 5.44. The van der Waals surface area contributed by atoms with Gasteiger partial charge >= 0.3 is 0 Å². The molecule has 1 aromatic heterocycles. The number of nitrogens with zero attached hydrogens (tertiary/aromatic N) is 3. The Morgan fingerprint density at radius 1 is 1.11 bits per heavy atom. The van der Waals surface area contributed by atoms with Crippen LogP contribution in [0.15, 0.2) is 48.7 Å². The molecule has 2 heterocycles. The molecule has 3 aromatic rings. The fourth-order valence-corrected chi connectivity index (χ4v) is 3.69. The van der Waals surface area contributed by atoms with Crippen LogP contribution in [0.3, 0.4) is 0 Å². The number of aromatic amines is 1. The number of nitrogens with one attached hydrogen (secondary N) is 2. The third kappa shape index (κ3) is 4.17. The van der Waals surface area contributed by atoms with Crippen LogP contribution >= 0.6 is 0 Å². The number of fused-ring (bicyclic) bond motifs is 1.